The van der Waals surface area contributed by atoms with Gasteiger partial charge in [-0.25, -0.2) is 0 Å². The molecule has 0 spiro atoms. The maximum absolute atomic E-state index is 12.1. The quantitative estimate of drug-likeness (QED) is 0.811. The van der Waals surface area contributed by atoms with Crippen molar-refractivity contribution >= 4 is 17.7 Å². The number of rotatable bonds is 6. The molecule has 5 heteroatoms. The fraction of sp³-hybridized carbons (Fsp3) is 0.611. The van der Waals surface area contributed by atoms with Crippen LogP contribution in [-0.4, -0.2) is 54.9 Å². The highest BCUT2D eigenvalue weighted by atomic mass is 32.2. The summed E-state index contributed by atoms with van der Waals surface area (Å²) < 4.78 is 5.39. The molecule has 0 unspecified atom stereocenters. The Labute approximate surface area is 144 Å². The first-order valence-corrected chi connectivity index (χ1v) is 9.16. The fourth-order valence-electron chi connectivity index (χ4n) is 2.60. The molecule has 1 saturated heterocycles. The monoisotopic (exact) mass is 336 g/mol. The van der Waals surface area contributed by atoms with Crippen molar-refractivity contribution in [1.29, 1.82) is 0 Å². The molecule has 128 valence electrons. The highest BCUT2D eigenvalue weighted by Crippen LogP contribution is 2.21. The third-order valence-corrected chi connectivity index (χ3v) is 5.43. The summed E-state index contributed by atoms with van der Waals surface area (Å²) in [7, 11) is 0. The molecular formula is C18H28N2O2S. The number of nitrogens with zero attached hydrogens (tertiary/aromatic N) is 1. The van der Waals surface area contributed by atoms with Crippen LogP contribution in [0.25, 0.3) is 0 Å². The first kappa shape index (κ1) is 18.3. The molecule has 23 heavy (non-hydrogen) atoms. The van der Waals surface area contributed by atoms with Crippen LogP contribution in [0.3, 0.4) is 0 Å². The summed E-state index contributed by atoms with van der Waals surface area (Å²) in [6, 6.07) is 6.33. The highest BCUT2D eigenvalue weighted by molar-refractivity contribution is 8.00. The summed E-state index contributed by atoms with van der Waals surface area (Å²) in [5.74, 6) is 0.552. The molecule has 1 amide bonds. The van der Waals surface area contributed by atoms with Gasteiger partial charge in [0.05, 0.1) is 19.0 Å². The topological polar surface area (TPSA) is 41.6 Å². The van der Waals surface area contributed by atoms with E-state index in [-0.39, 0.29) is 11.4 Å². The van der Waals surface area contributed by atoms with E-state index in [4.69, 9.17) is 4.74 Å². The van der Waals surface area contributed by atoms with E-state index in [1.165, 1.54) is 11.1 Å². The van der Waals surface area contributed by atoms with Crippen LogP contribution < -0.4 is 5.32 Å². The largest absolute Gasteiger partial charge is 0.379 e. The lowest BCUT2D eigenvalue weighted by atomic mass is 10.0. The summed E-state index contributed by atoms with van der Waals surface area (Å²) in [5.41, 5.74) is 2.51. The zero-order chi connectivity index (χ0) is 16.9. The number of carbonyl (C=O) groups excluding carboxylic acids is 1. The van der Waals surface area contributed by atoms with E-state index >= 15 is 0 Å². The summed E-state index contributed by atoms with van der Waals surface area (Å²) in [5, 5.41) is 3.07. The van der Waals surface area contributed by atoms with E-state index in [1.54, 1.807) is 11.8 Å². The number of carbonyl (C=O) groups is 1. The van der Waals surface area contributed by atoms with Crippen molar-refractivity contribution in [1.82, 2.24) is 10.2 Å². The van der Waals surface area contributed by atoms with Crippen molar-refractivity contribution in [2.75, 3.05) is 38.6 Å². The summed E-state index contributed by atoms with van der Waals surface area (Å²) >= 11 is 1.59. The standard InChI is InChI=1S/C18H28N2O2S/c1-14-5-6-16(11-15(14)2)23-12-17(21)19-13-18(3,4)20-7-9-22-10-8-20/h5-6,11H,7-10,12-13H2,1-4H3,(H,19,21). The Hall–Kier alpha value is -1.04. The molecule has 0 aliphatic carbocycles. The second-order valence-electron chi connectivity index (χ2n) is 6.72. The molecule has 0 radical (unpaired) electrons. The highest BCUT2D eigenvalue weighted by Gasteiger charge is 2.28. The first-order chi connectivity index (χ1) is 10.9. The van der Waals surface area contributed by atoms with Gasteiger partial charge >= 0.3 is 0 Å². The van der Waals surface area contributed by atoms with E-state index in [0.717, 1.165) is 31.2 Å². The van der Waals surface area contributed by atoms with Crippen LogP contribution in [0, 0.1) is 13.8 Å². The number of amides is 1. The third-order valence-electron chi connectivity index (χ3n) is 4.43. The van der Waals surface area contributed by atoms with Gasteiger partial charge in [-0.15, -0.1) is 11.8 Å². The van der Waals surface area contributed by atoms with Crippen molar-refractivity contribution < 1.29 is 9.53 Å². The molecule has 4 nitrogen and oxygen atoms in total. The Morgan fingerprint density at radius 1 is 1.26 bits per heavy atom. The van der Waals surface area contributed by atoms with E-state index in [2.05, 4.69) is 56.1 Å². The van der Waals surface area contributed by atoms with Gasteiger partial charge in [0.15, 0.2) is 0 Å². The number of benzene rings is 1. The lowest BCUT2D eigenvalue weighted by molar-refractivity contribution is -0.119. The van der Waals surface area contributed by atoms with Crippen LogP contribution in [0.5, 0.6) is 0 Å². The molecule has 1 aromatic carbocycles. The Morgan fingerprint density at radius 2 is 1.96 bits per heavy atom. The maximum Gasteiger partial charge on any atom is 0.230 e. The number of thioether (sulfide) groups is 1. The van der Waals surface area contributed by atoms with Crippen LogP contribution in [0.1, 0.15) is 25.0 Å². The van der Waals surface area contributed by atoms with Gasteiger partial charge in [0.2, 0.25) is 5.91 Å². The Morgan fingerprint density at radius 3 is 2.61 bits per heavy atom. The molecule has 1 N–H and O–H groups in total. The molecule has 0 aromatic heterocycles. The fourth-order valence-corrected chi connectivity index (χ4v) is 3.42. The van der Waals surface area contributed by atoms with E-state index < -0.39 is 0 Å². The minimum atomic E-state index is -0.0371. The minimum absolute atomic E-state index is 0.0371. The first-order valence-electron chi connectivity index (χ1n) is 8.18. The van der Waals surface area contributed by atoms with Crippen LogP contribution in [0.15, 0.2) is 23.1 Å². The van der Waals surface area contributed by atoms with Crippen molar-refractivity contribution in [3.8, 4) is 0 Å². The number of morpholine rings is 1. The lowest BCUT2D eigenvalue weighted by Crippen LogP contribution is -2.55. The second-order valence-corrected chi connectivity index (χ2v) is 7.77. The van der Waals surface area contributed by atoms with Crippen molar-refractivity contribution in [3.05, 3.63) is 29.3 Å². The molecule has 0 bridgehead atoms. The number of ether oxygens (including phenoxy) is 1. The smallest absolute Gasteiger partial charge is 0.230 e. The Bertz CT molecular complexity index is 540. The van der Waals surface area contributed by atoms with Crippen LogP contribution in [0.4, 0.5) is 0 Å². The predicted molar refractivity (Wildman–Crippen MR) is 96.1 cm³/mol. The van der Waals surface area contributed by atoms with Crippen molar-refractivity contribution in [2.45, 2.75) is 38.1 Å². The van der Waals surface area contributed by atoms with Gasteiger partial charge < -0.3 is 10.1 Å². The molecule has 0 saturated carbocycles. The van der Waals surface area contributed by atoms with Gasteiger partial charge in [-0.3, -0.25) is 9.69 Å². The lowest BCUT2D eigenvalue weighted by Gasteiger charge is -2.40. The van der Waals surface area contributed by atoms with Gasteiger partial charge in [-0.1, -0.05) is 6.07 Å². The van der Waals surface area contributed by atoms with Gasteiger partial charge in [0.1, 0.15) is 0 Å². The van der Waals surface area contributed by atoms with E-state index in [0.29, 0.717) is 12.3 Å². The number of hydrogen-bond acceptors (Lipinski definition) is 4. The molecule has 1 aromatic rings. The third kappa shape index (κ3) is 5.52. The molecule has 0 atom stereocenters. The second kappa shape index (κ2) is 8.18. The number of nitrogens with one attached hydrogen (secondary N) is 1. The van der Waals surface area contributed by atoms with E-state index in [1.807, 2.05) is 0 Å². The zero-order valence-corrected chi connectivity index (χ0v) is 15.5. The normalized spacial score (nSPS) is 16.3. The summed E-state index contributed by atoms with van der Waals surface area (Å²) in [4.78, 5) is 15.7. The van der Waals surface area contributed by atoms with Crippen LogP contribution in [0.2, 0.25) is 0 Å². The van der Waals surface area contributed by atoms with Gasteiger partial charge in [0, 0.05) is 30.1 Å². The molecule has 1 heterocycles. The zero-order valence-electron chi connectivity index (χ0n) is 14.6. The van der Waals surface area contributed by atoms with Crippen molar-refractivity contribution in [3.63, 3.8) is 0 Å². The van der Waals surface area contributed by atoms with Gasteiger partial charge in [-0.05, 0) is 51.0 Å². The Balaban J connectivity index is 1.76. The maximum atomic E-state index is 12.1. The van der Waals surface area contributed by atoms with Crippen molar-refractivity contribution in [2.24, 2.45) is 0 Å². The predicted octanol–water partition coefficient (Wildman–Crippen LogP) is 2.62. The number of aryl methyl sites for hydroxylation is 2. The van der Waals surface area contributed by atoms with Gasteiger partial charge in [0.25, 0.3) is 0 Å². The minimum Gasteiger partial charge on any atom is -0.379 e. The average molecular weight is 337 g/mol. The van der Waals surface area contributed by atoms with Gasteiger partial charge in [-0.2, -0.15) is 0 Å². The number of hydrogen-bond donors (Lipinski definition) is 1. The summed E-state index contributed by atoms with van der Waals surface area (Å²) in [6.45, 7) is 12.6. The molecule has 1 aliphatic heterocycles. The Kier molecular flexibility index (Phi) is 6.50. The van der Waals surface area contributed by atoms with Crippen LogP contribution in [-0.2, 0) is 9.53 Å². The average Bonchev–Trinajstić information content (AvgIpc) is 2.55. The molecular weight excluding hydrogens is 308 g/mol. The van der Waals surface area contributed by atoms with E-state index in [9.17, 15) is 4.79 Å². The molecule has 1 aliphatic rings. The van der Waals surface area contributed by atoms with Crippen LogP contribution >= 0.6 is 11.8 Å². The molecule has 2 rings (SSSR count). The SMILES string of the molecule is Cc1ccc(SCC(=O)NCC(C)(C)N2CCOCC2)cc1C. The summed E-state index contributed by atoms with van der Waals surface area (Å²) in [6.07, 6.45) is 0. The molecule has 1 fully saturated rings.